The lowest BCUT2D eigenvalue weighted by molar-refractivity contribution is 0.0680. The van der Waals surface area contributed by atoms with E-state index in [2.05, 4.69) is 4.74 Å². The second-order valence-electron chi connectivity index (χ2n) is 2.53. The number of carbonyl (C=O) groups is 1. The Hall–Kier alpha value is -1.65. The third kappa shape index (κ3) is 1.81. The summed E-state index contributed by atoms with van der Waals surface area (Å²) in [6, 6.07) is 3.72. The quantitative estimate of drug-likeness (QED) is 0.818. The van der Waals surface area contributed by atoms with Crippen LogP contribution in [0.3, 0.4) is 0 Å². The molecule has 0 saturated heterocycles. The van der Waals surface area contributed by atoms with Gasteiger partial charge < -0.3 is 9.84 Å². The van der Waals surface area contributed by atoms with Crippen molar-refractivity contribution in [3.05, 3.63) is 29.3 Å². The Morgan fingerprint density at radius 2 is 2.14 bits per heavy atom. The van der Waals surface area contributed by atoms with E-state index in [0.29, 0.717) is 0 Å². The van der Waals surface area contributed by atoms with Gasteiger partial charge >= 0.3 is 5.97 Å². The minimum absolute atomic E-state index is 0.0599. The normalized spacial score (nSPS) is 10.3. The topological polar surface area (TPSA) is 46.5 Å². The van der Waals surface area contributed by atoms with Gasteiger partial charge in [0.2, 0.25) is 0 Å². The first-order valence-electron chi connectivity index (χ1n) is 3.76. The number of ether oxygens (including phenoxy) is 1. The number of methoxy groups -OCH3 is 1. The van der Waals surface area contributed by atoms with E-state index in [-0.39, 0.29) is 5.75 Å². The molecule has 0 aliphatic carbocycles. The zero-order chi connectivity index (χ0) is 10.7. The van der Waals surface area contributed by atoms with E-state index in [9.17, 15) is 13.6 Å². The van der Waals surface area contributed by atoms with E-state index in [0.717, 1.165) is 6.07 Å². The van der Waals surface area contributed by atoms with Crippen LogP contribution in [0.15, 0.2) is 18.2 Å². The highest BCUT2D eigenvalue weighted by molar-refractivity contribution is 5.92. The summed E-state index contributed by atoms with van der Waals surface area (Å²) in [5.41, 5.74) is -1.01. The monoisotopic (exact) mass is 202 g/mol. The molecule has 0 aliphatic rings. The summed E-state index contributed by atoms with van der Waals surface area (Å²) in [4.78, 5) is 10.7. The summed E-state index contributed by atoms with van der Waals surface area (Å²) < 4.78 is 29.5. The Morgan fingerprint density at radius 1 is 1.50 bits per heavy atom. The van der Waals surface area contributed by atoms with Crippen LogP contribution in [0.1, 0.15) is 22.3 Å². The van der Waals surface area contributed by atoms with Gasteiger partial charge in [-0.2, -0.15) is 0 Å². The molecule has 0 bridgehead atoms. The summed E-state index contributed by atoms with van der Waals surface area (Å²) in [5.74, 6) is -1.48. The molecule has 0 amide bonds. The number of carboxylic acids is 1. The van der Waals surface area contributed by atoms with Crippen LogP contribution >= 0.6 is 0 Å². The summed E-state index contributed by atoms with van der Waals surface area (Å²) in [5, 5.41) is 8.71. The molecule has 0 unspecified atom stereocenters. The first-order chi connectivity index (χ1) is 6.57. The highest BCUT2D eigenvalue weighted by Gasteiger charge is 2.21. The number of aromatic carboxylic acids is 1. The standard InChI is InChI=1S/C9H8F2O3/c1-14-6-4-2-3-5(8(10)11)7(6)9(12)13/h2-4,8H,1H3,(H,12,13). The number of alkyl halides is 2. The molecule has 0 radical (unpaired) electrons. The summed E-state index contributed by atoms with van der Waals surface area (Å²) in [6.45, 7) is 0. The molecule has 0 spiro atoms. The van der Waals surface area contributed by atoms with Gasteiger partial charge in [-0.1, -0.05) is 12.1 Å². The van der Waals surface area contributed by atoms with E-state index < -0.39 is 23.5 Å². The van der Waals surface area contributed by atoms with Gasteiger partial charge in [0.1, 0.15) is 11.3 Å². The van der Waals surface area contributed by atoms with Crippen LogP contribution in [-0.2, 0) is 0 Å². The number of carboxylic acid groups (broad SMARTS) is 1. The van der Waals surface area contributed by atoms with Gasteiger partial charge in [0.15, 0.2) is 0 Å². The fourth-order valence-electron chi connectivity index (χ4n) is 1.13. The van der Waals surface area contributed by atoms with Gasteiger partial charge in [0.25, 0.3) is 6.43 Å². The van der Waals surface area contributed by atoms with Crippen LogP contribution in [0.4, 0.5) is 8.78 Å². The Bertz CT molecular complexity index is 350. The van der Waals surface area contributed by atoms with Crippen molar-refractivity contribution in [2.45, 2.75) is 6.43 Å². The lowest BCUT2D eigenvalue weighted by atomic mass is 10.1. The molecule has 1 aromatic rings. The van der Waals surface area contributed by atoms with Crippen LogP contribution < -0.4 is 4.74 Å². The molecule has 1 aromatic carbocycles. The lowest BCUT2D eigenvalue weighted by Gasteiger charge is -2.09. The van der Waals surface area contributed by atoms with Crippen molar-refractivity contribution in [3.63, 3.8) is 0 Å². The molecule has 0 saturated carbocycles. The minimum atomic E-state index is -2.82. The molecular weight excluding hydrogens is 194 g/mol. The Morgan fingerprint density at radius 3 is 2.57 bits per heavy atom. The molecule has 5 heteroatoms. The van der Waals surface area contributed by atoms with Gasteiger partial charge in [0, 0.05) is 5.56 Å². The van der Waals surface area contributed by atoms with E-state index in [1.54, 1.807) is 0 Å². The highest BCUT2D eigenvalue weighted by Crippen LogP contribution is 2.29. The van der Waals surface area contributed by atoms with Gasteiger partial charge in [-0.15, -0.1) is 0 Å². The van der Waals surface area contributed by atoms with Gasteiger partial charge in [0.05, 0.1) is 7.11 Å². The second-order valence-corrected chi connectivity index (χ2v) is 2.53. The predicted molar refractivity (Wildman–Crippen MR) is 44.9 cm³/mol. The SMILES string of the molecule is COc1cccc(C(F)F)c1C(=O)O. The van der Waals surface area contributed by atoms with Gasteiger partial charge in [-0.05, 0) is 6.07 Å². The first-order valence-corrected chi connectivity index (χ1v) is 3.76. The number of halogens is 2. The van der Waals surface area contributed by atoms with E-state index >= 15 is 0 Å². The van der Waals surface area contributed by atoms with Crippen molar-refractivity contribution < 1.29 is 23.4 Å². The van der Waals surface area contributed by atoms with Crippen molar-refractivity contribution in [3.8, 4) is 5.75 Å². The number of benzene rings is 1. The molecule has 76 valence electrons. The first kappa shape index (κ1) is 10.4. The van der Waals surface area contributed by atoms with Gasteiger partial charge in [-0.25, -0.2) is 13.6 Å². The molecule has 0 aliphatic heterocycles. The fraction of sp³-hybridized carbons (Fsp3) is 0.222. The van der Waals surface area contributed by atoms with Gasteiger partial charge in [-0.3, -0.25) is 0 Å². The van der Waals surface area contributed by atoms with Crippen LogP contribution in [0, 0.1) is 0 Å². The number of rotatable bonds is 3. The van der Waals surface area contributed by atoms with Crippen molar-refractivity contribution >= 4 is 5.97 Å². The average molecular weight is 202 g/mol. The molecule has 1 N–H and O–H groups in total. The summed E-state index contributed by atoms with van der Waals surface area (Å²) in [6.07, 6.45) is -2.82. The van der Waals surface area contributed by atoms with E-state index in [4.69, 9.17) is 5.11 Å². The Balaban J connectivity index is 3.35. The fourth-order valence-corrected chi connectivity index (χ4v) is 1.13. The smallest absolute Gasteiger partial charge is 0.339 e. The zero-order valence-corrected chi connectivity index (χ0v) is 7.33. The van der Waals surface area contributed by atoms with Crippen LogP contribution in [-0.4, -0.2) is 18.2 Å². The van der Waals surface area contributed by atoms with Crippen LogP contribution in [0.5, 0.6) is 5.75 Å². The Kier molecular flexibility index (Phi) is 3.01. The lowest BCUT2D eigenvalue weighted by Crippen LogP contribution is -2.05. The molecule has 3 nitrogen and oxygen atoms in total. The van der Waals surface area contributed by atoms with Crippen molar-refractivity contribution in [1.29, 1.82) is 0 Å². The van der Waals surface area contributed by atoms with Crippen molar-refractivity contribution in [2.75, 3.05) is 7.11 Å². The maximum atomic E-state index is 12.4. The van der Waals surface area contributed by atoms with Crippen LogP contribution in [0.2, 0.25) is 0 Å². The molecular formula is C9H8F2O3. The minimum Gasteiger partial charge on any atom is -0.496 e. The molecule has 0 atom stereocenters. The maximum Gasteiger partial charge on any atom is 0.339 e. The molecule has 1 rings (SSSR count). The largest absolute Gasteiger partial charge is 0.496 e. The van der Waals surface area contributed by atoms with E-state index in [1.807, 2.05) is 0 Å². The Labute approximate surface area is 78.9 Å². The zero-order valence-electron chi connectivity index (χ0n) is 7.33. The molecule has 14 heavy (non-hydrogen) atoms. The van der Waals surface area contributed by atoms with Crippen molar-refractivity contribution in [2.24, 2.45) is 0 Å². The number of hydrogen-bond acceptors (Lipinski definition) is 2. The molecule has 0 aromatic heterocycles. The third-order valence-electron chi connectivity index (χ3n) is 1.73. The molecule has 0 fully saturated rings. The summed E-state index contributed by atoms with van der Waals surface area (Å²) >= 11 is 0. The predicted octanol–water partition coefficient (Wildman–Crippen LogP) is 2.33. The third-order valence-corrected chi connectivity index (χ3v) is 1.73. The second kappa shape index (κ2) is 4.04. The average Bonchev–Trinajstić information content (AvgIpc) is 2.16. The molecule has 0 heterocycles. The number of hydrogen-bond donors (Lipinski definition) is 1. The van der Waals surface area contributed by atoms with Crippen LogP contribution in [0.25, 0.3) is 0 Å². The maximum absolute atomic E-state index is 12.4. The summed E-state index contributed by atoms with van der Waals surface area (Å²) in [7, 11) is 1.23. The highest BCUT2D eigenvalue weighted by atomic mass is 19.3. The van der Waals surface area contributed by atoms with E-state index in [1.165, 1.54) is 19.2 Å². The van der Waals surface area contributed by atoms with Crippen molar-refractivity contribution in [1.82, 2.24) is 0 Å².